The summed E-state index contributed by atoms with van der Waals surface area (Å²) in [5.74, 6) is 0. The van der Waals surface area contributed by atoms with Crippen molar-refractivity contribution in [1.82, 2.24) is 0 Å². The van der Waals surface area contributed by atoms with Crippen LogP contribution in [0.2, 0.25) is 0 Å². The van der Waals surface area contributed by atoms with Crippen molar-refractivity contribution in [1.29, 1.82) is 0 Å². The predicted molar refractivity (Wildman–Crippen MR) is 81.0 cm³/mol. The maximum absolute atomic E-state index is 8.95. The molecule has 0 amide bonds. The zero-order valence-electron chi connectivity index (χ0n) is 8.94. The summed E-state index contributed by atoms with van der Waals surface area (Å²) in [6.45, 7) is 8.87. The lowest BCUT2D eigenvalue weighted by Crippen LogP contribution is -2.22. The van der Waals surface area contributed by atoms with E-state index < -0.39 is 6.10 Å². The molecule has 0 saturated carbocycles. The van der Waals surface area contributed by atoms with Crippen LogP contribution in [0.4, 0.5) is 0 Å². The Balaban J connectivity index is -0.000000141. The first-order chi connectivity index (χ1) is 6.66. The molecule has 0 rings (SSSR count). The predicted octanol–water partition coefficient (Wildman–Crippen LogP) is 3.49. The molecule has 0 aliphatic rings. The molecule has 2 unspecified atom stereocenters. The highest BCUT2D eigenvalue weighted by Gasteiger charge is 2.03. The van der Waals surface area contributed by atoms with Gasteiger partial charge in [-0.1, -0.05) is 36.3 Å². The Morgan fingerprint density at radius 2 is 1.61 bits per heavy atom. The Labute approximate surface area is 115 Å². The molecule has 4 nitrogen and oxygen atoms in total. The molecule has 1 N–H and O–H groups in total. The van der Waals surface area contributed by atoms with E-state index in [0.717, 1.165) is 0 Å². The Morgan fingerprint density at radius 1 is 1.06 bits per heavy atom. The van der Waals surface area contributed by atoms with Gasteiger partial charge in [0, 0.05) is 0 Å². The lowest BCUT2D eigenvalue weighted by molar-refractivity contribution is -0.0414. The number of rotatable bonds is 9. The van der Waals surface area contributed by atoms with Gasteiger partial charge < -0.3 is 19.3 Å². The van der Waals surface area contributed by atoms with E-state index in [9.17, 15) is 0 Å². The topological polar surface area (TPSA) is 47.9 Å². The summed E-state index contributed by atoms with van der Waals surface area (Å²) < 4.78 is 15.4. The summed E-state index contributed by atoms with van der Waals surface area (Å²) in [4.78, 5) is 0. The van der Waals surface area contributed by atoms with Crippen molar-refractivity contribution in [2.45, 2.75) is 55.8 Å². The fourth-order valence-electron chi connectivity index (χ4n) is 0.791. The third-order valence-electron chi connectivity index (χ3n) is 1.44. The normalized spacial score (nSPS) is 11.5. The lowest BCUT2D eigenvalue weighted by Gasteiger charge is -2.14. The second-order valence-electron chi connectivity index (χ2n) is 3.11. The molecule has 0 saturated heterocycles. The quantitative estimate of drug-likeness (QED) is 0.513. The van der Waals surface area contributed by atoms with Gasteiger partial charge in [-0.15, -0.1) is 0 Å². The number of ether oxygens (including phenoxy) is 3. The van der Waals surface area contributed by atoms with Crippen molar-refractivity contribution in [3.8, 4) is 0 Å². The SMILES string of the molecule is C.C.C.C.C=COCCOCC(C)OCC(C)O. The number of aliphatic hydroxyl groups is 1. The minimum Gasteiger partial charge on any atom is -0.499 e. The molecule has 0 radical (unpaired) electrons. The molecule has 0 aliphatic heterocycles. The molecule has 0 aromatic rings. The fraction of sp³-hybridized carbons (Fsp3) is 0.857. The fourth-order valence-corrected chi connectivity index (χ4v) is 0.791. The number of aliphatic hydroxyl groups excluding tert-OH is 1. The molecule has 0 spiro atoms. The molecule has 2 atom stereocenters. The van der Waals surface area contributed by atoms with Crippen LogP contribution < -0.4 is 0 Å². The van der Waals surface area contributed by atoms with Crippen LogP contribution in [0.1, 0.15) is 43.6 Å². The van der Waals surface area contributed by atoms with Gasteiger partial charge in [0.25, 0.3) is 0 Å². The van der Waals surface area contributed by atoms with Crippen LogP contribution >= 0.6 is 0 Å². The highest BCUT2D eigenvalue weighted by Crippen LogP contribution is 1.94. The van der Waals surface area contributed by atoms with Crippen molar-refractivity contribution in [3.05, 3.63) is 12.8 Å². The summed E-state index contributed by atoms with van der Waals surface area (Å²) >= 11 is 0. The number of hydrogen-bond donors (Lipinski definition) is 1. The zero-order valence-corrected chi connectivity index (χ0v) is 8.94. The maximum atomic E-state index is 8.95. The molecular formula is C14H36O4. The molecule has 18 heavy (non-hydrogen) atoms. The molecule has 0 aromatic heterocycles. The van der Waals surface area contributed by atoms with Crippen LogP contribution in [-0.4, -0.2) is 43.7 Å². The zero-order chi connectivity index (χ0) is 10.8. The Bertz CT molecular complexity index is 138. The highest BCUT2D eigenvalue weighted by molar-refractivity contribution is 4.51. The molecule has 0 aliphatic carbocycles. The van der Waals surface area contributed by atoms with Crippen LogP contribution in [0.5, 0.6) is 0 Å². The summed E-state index contributed by atoms with van der Waals surface area (Å²) in [6, 6.07) is 0. The van der Waals surface area contributed by atoms with Crippen LogP contribution in [-0.2, 0) is 14.2 Å². The Kier molecular flexibility index (Phi) is 36.7. The minimum absolute atomic E-state index is 0. The first-order valence-corrected chi connectivity index (χ1v) is 4.76. The van der Waals surface area contributed by atoms with Crippen molar-refractivity contribution < 1.29 is 19.3 Å². The van der Waals surface area contributed by atoms with Crippen LogP contribution in [0.15, 0.2) is 12.8 Å². The molecule has 0 aromatic carbocycles. The van der Waals surface area contributed by atoms with E-state index in [-0.39, 0.29) is 35.8 Å². The van der Waals surface area contributed by atoms with Gasteiger partial charge in [0.2, 0.25) is 0 Å². The first-order valence-electron chi connectivity index (χ1n) is 4.76. The summed E-state index contributed by atoms with van der Waals surface area (Å²) in [5, 5.41) is 8.95. The molecule has 116 valence electrons. The minimum atomic E-state index is -0.429. The third kappa shape index (κ3) is 24.6. The van der Waals surface area contributed by atoms with E-state index in [0.29, 0.717) is 26.4 Å². The molecule has 0 bridgehead atoms. The van der Waals surface area contributed by atoms with Gasteiger partial charge in [0.15, 0.2) is 0 Å². The van der Waals surface area contributed by atoms with Crippen molar-refractivity contribution in [2.24, 2.45) is 0 Å². The summed E-state index contributed by atoms with van der Waals surface area (Å²) in [7, 11) is 0. The Hall–Kier alpha value is -0.580. The first kappa shape index (κ1) is 30.4. The average Bonchev–Trinajstić information content (AvgIpc) is 2.14. The lowest BCUT2D eigenvalue weighted by atomic mass is 10.4. The molecule has 4 heteroatoms. The largest absolute Gasteiger partial charge is 0.499 e. The van der Waals surface area contributed by atoms with Crippen LogP contribution in [0, 0.1) is 0 Å². The van der Waals surface area contributed by atoms with Gasteiger partial charge in [0.05, 0.1) is 38.3 Å². The summed E-state index contributed by atoms with van der Waals surface area (Å²) in [5.41, 5.74) is 0. The number of hydrogen-bond acceptors (Lipinski definition) is 4. The second-order valence-corrected chi connectivity index (χ2v) is 3.11. The van der Waals surface area contributed by atoms with Gasteiger partial charge in [-0.25, -0.2) is 0 Å². The maximum Gasteiger partial charge on any atom is 0.111 e. The van der Waals surface area contributed by atoms with Gasteiger partial charge >= 0.3 is 0 Å². The van der Waals surface area contributed by atoms with E-state index in [1.54, 1.807) is 6.92 Å². The van der Waals surface area contributed by atoms with E-state index >= 15 is 0 Å². The van der Waals surface area contributed by atoms with E-state index in [1.165, 1.54) is 6.26 Å². The highest BCUT2D eigenvalue weighted by atomic mass is 16.5. The molecule has 0 heterocycles. The summed E-state index contributed by atoms with van der Waals surface area (Å²) in [6.07, 6.45) is 0.950. The average molecular weight is 268 g/mol. The van der Waals surface area contributed by atoms with Gasteiger partial charge in [-0.2, -0.15) is 0 Å². The van der Waals surface area contributed by atoms with Gasteiger partial charge in [-0.05, 0) is 13.8 Å². The van der Waals surface area contributed by atoms with E-state index in [4.69, 9.17) is 19.3 Å². The second kappa shape index (κ2) is 21.7. The standard InChI is InChI=1S/C10H20O4.4CH4/c1-4-12-5-6-13-8-10(3)14-7-9(2)11;;;;/h4,9-11H,1,5-8H2,2-3H3;4*1H4. The van der Waals surface area contributed by atoms with Gasteiger partial charge in [-0.3, -0.25) is 0 Å². The van der Waals surface area contributed by atoms with Crippen molar-refractivity contribution >= 4 is 0 Å². The van der Waals surface area contributed by atoms with Crippen LogP contribution in [0.25, 0.3) is 0 Å². The van der Waals surface area contributed by atoms with Gasteiger partial charge in [0.1, 0.15) is 6.61 Å². The Morgan fingerprint density at radius 3 is 2.06 bits per heavy atom. The molecule has 0 fully saturated rings. The monoisotopic (exact) mass is 268 g/mol. The third-order valence-corrected chi connectivity index (χ3v) is 1.44. The van der Waals surface area contributed by atoms with Crippen LogP contribution in [0.3, 0.4) is 0 Å². The smallest absolute Gasteiger partial charge is 0.111 e. The molecular weight excluding hydrogens is 232 g/mol. The van der Waals surface area contributed by atoms with Crippen molar-refractivity contribution in [2.75, 3.05) is 26.4 Å². The van der Waals surface area contributed by atoms with E-state index in [2.05, 4.69) is 6.58 Å². The van der Waals surface area contributed by atoms with Crippen molar-refractivity contribution in [3.63, 3.8) is 0 Å². The van der Waals surface area contributed by atoms with E-state index in [1.807, 2.05) is 6.92 Å².